The molecule has 2 atom stereocenters. The highest BCUT2D eigenvalue weighted by Gasteiger charge is 2.12. The normalized spacial score (nSPS) is 15.6. The third kappa shape index (κ3) is 15.0. The molecule has 2 unspecified atom stereocenters. The van der Waals surface area contributed by atoms with Crippen molar-refractivity contribution in [2.75, 3.05) is 26.4 Å². The molecule has 0 aliphatic rings. The Bertz CT molecular complexity index is 239. The number of ether oxygens (including phenoxy) is 2. The van der Waals surface area contributed by atoms with Crippen molar-refractivity contribution in [3.8, 4) is 0 Å². The second-order valence-corrected chi connectivity index (χ2v) is 6.64. The van der Waals surface area contributed by atoms with Gasteiger partial charge in [0.05, 0.1) is 25.4 Å². The molecule has 0 saturated heterocycles. The largest absolute Gasteiger partial charge is 0.379 e. The molecule has 0 heterocycles. The van der Waals surface area contributed by atoms with Crippen LogP contribution >= 0.6 is 8.25 Å². The third-order valence-electron chi connectivity index (χ3n) is 3.08. The Morgan fingerprint density at radius 2 is 1.18 bits per heavy atom. The van der Waals surface area contributed by atoms with Gasteiger partial charge in [-0.1, -0.05) is 39.5 Å². The van der Waals surface area contributed by atoms with Crippen LogP contribution in [0.15, 0.2) is 0 Å². The first-order chi connectivity index (χ1) is 10.6. The van der Waals surface area contributed by atoms with Crippen molar-refractivity contribution in [1.82, 2.24) is 0 Å². The molecule has 0 bridgehead atoms. The van der Waals surface area contributed by atoms with Gasteiger partial charge in [0.1, 0.15) is 0 Å². The second-order valence-electron chi connectivity index (χ2n) is 5.67. The Balaban J connectivity index is 3.56. The van der Waals surface area contributed by atoms with Crippen LogP contribution in [0.5, 0.6) is 0 Å². The van der Waals surface area contributed by atoms with Crippen molar-refractivity contribution in [2.45, 2.75) is 78.4 Å². The fourth-order valence-electron chi connectivity index (χ4n) is 1.83. The van der Waals surface area contributed by atoms with Crippen LogP contribution in [0.4, 0.5) is 0 Å². The van der Waals surface area contributed by atoms with E-state index in [2.05, 4.69) is 13.8 Å². The monoisotopic (exact) mass is 338 g/mol. The molecule has 0 aromatic heterocycles. The van der Waals surface area contributed by atoms with Crippen molar-refractivity contribution in [3.63, 3.8) is 0 Å². The van der Waals surface area contributed by atoms with E-state index >= 15 is 0 Å². The highest BCUT2D eigenvalue weighted by molar-refractivity contribution is 7.33. The van der Waals surface area contributed by atoms with E-state index in [0.717, 1.165) is 26.1 Å². The minimum Gasteiger partial charge on any atom is -0.379 e. The molecule has 0 radical (unpaired) electrons. The Hall–Kier alpha value is 0.0700. The summed E-state index contributed by atoms with van der Waals surface area (Å²) in [4.78, 5) is 0. The zero-order valence-corrected chi connectivity index (χ0v) is 15.8. The topological polar surface area (TPSA) is 54.0 Å². The van der Waals surface area contributed by atoms with Gasteiger partial charge in [0.25, 0.3) is 0 Å². The molecule has 6 heteroatoms. The van der Waals surface area contributed by atoms with Gasteiger partial charge in [0.2, 0.25) is 0 Å². The van der Waals surface area contributed by atoms with Gasteiger partial charge in [0, 0.05) is 13.2 Å². The van der Waals surface area contributed by atoms with E-state index in [-0.39, 0.29) is 12.2 Å². The first-order valence-corrected chi connectivity index (χ1v) is 9.85. The lowest BCUT2D eigenvalue weighted by molar-refractivity contribution is 0.0290. The lowest BCUT2D eigenvalue weighted by Crippen LogP contribution is -2.17. The fraction of sp³-hybridized carbons (Fsp3) is 1.00. The first kappa shape index (κ1) is 22.1. The Kier molecular flexibility index (Phi) is 16.0. The summed E-state index contributed by atoms with van der Waals surface area (Å²) in [5.41, 5.74) is 0. The smallest absolute Gasteiger partial charge is 0.319 e. The molecule has 0 aromatic rings. The van der Waals surface area contributed by atoms with Gasteiger partial charge in [0.15, 0.2) is 0 Å². The third-order valence-corrected chi connectivity index (χ3v) is 4.27. The molecule has 5 nitrogen and oxygen atoms in total. The SMILES string of the molecule is CCCCCOCC(C)O[PH](=O)OC(C)COCCCCC. The zero-order chi connectivity index (χ0) is 16.6. The number of hydrogen-bond acceptors (Lipinski definition) is 5. The first-order valence-electron chi connectivity index (χ1n) is 8.62. The predicted molar refractivity (Wildman–Crippen MR) is 90.8 cm³/mol. The summed E-state index contributed by atoms with van der Waals surface area (Å²) in [6.45, 7) is 10.4. The standard InChI is InChI=1S/C16H35O5P/c1-5-7-9-11-18-13-15(3)20-22(17)21-16(4)14-19-12-10-8-6-2/h15-16,22H,5-14H2,1-4H3. The maximum Gasteiger partial charge on any atom is 0.319 e. The van der Waals surface area contributed by atoms with Crippen molar-refractivity contribution in [2.24, 2.45) is 0 Å². The molecule has 0 rings (SSSR count). The lowest BCUT2D eigenvalue weighted by Gasteiger charge is -2.16. The van der Waals surface area contributed by atoms with Crippen LogP contribution in [-0.2, 0) is 23.1 Å². The van der Waals surface area contributed by atoms with Gasteiger partial charge in [-0.15, -0.1) is 0 Å². The molecule has 0 N–H and O–H groups in total. The van der Waals surface area contributed by atoms with Crippen molar-refractivity contribution in [1.29, 1.82) is 0 Å². The second kappa shape index (κ2) is 15.9. The molecule has 0 aliphatic carbocycles. The zero-order valence-electron chi connectivity index (χ0n) is 14.8. The van der Waals surface area contributed by atoms with Gasteiger partial charge < -0.3 is 18.5 Å². The molecule has 0 spiro atoms. The van der Waals surface area contributed by atoms with Crippen LogP contribution in [0.3, 0.4) is 0 Å². The van der Waals surface area contributed by atoms with Gasteiger partial charge in [-0.05, 0) is 26.7 Å². The summed E-state index contributed by atoms with van der Waals surface area (Å²) in [6.07, 6.45) is 6.37. The van der Waals surface area contributed by atoms with E-state index in [1.54, 1.807) is 0 Å². The average molecular weight is 338 g/mol. The van der Waals surface area contributed by atoms with E-state index in [9.17, 15) is 4.57 Å². The minimum atomic E-state index is -2.49. The molecule has 22 heavy (non-hydrogen) atoms. The van der Waals surface area contributed by atoms with Crippen molar-refractivity contribution in [3.05, 3.63) is 0 Å². The minimum absolute atomic E-state index is 0.217. The summed E-state index contributed by atoms with van der Waals surface area (Å²) in [5.74, 6) is 0. The van der Waals surface area contributed by atoms with Gasteiger partial charge in [-0.3, -0.25) is 4.57 Å². The summed E-state index contributed by atoms with van der Waals surface area (Å²) in [6, 6.07) is 0. The van der Waals surface area contributed by atoms with Crippen molar-refractivity contribution < 1.29 is 23.1 Å². The number of unbranched alkanes of at least 4 members (excludes halogenated alkanes) is 4. The summed E-state index contributed by atoms with van der Waals surface area (Å²) in [5, 5.41) is 0. The van der Waals surface area contributed by atoms with E-state index in [0.29, 0.717) is 13.2 Å². The van der Waals surface area contributed by atoms with E-state index in [4.69, 9.17) is 18.5 Å². The quantitative estimate of drug-likeness (QED) is 0.304. The van der Waals surface area contributed by atoms with E-state index in [1.165, 1.54) is 25.7 Å². The van der Waals surface area contributed by atoms with Crippen molar-refractivity contribution >= 4 is 8.25 Å². The Morgan fingerprint density at radius 3 is 1.55 bits per heavy atom. The van der Waals surface area contributed by atoms with Gasteiger partial charge in [-0.25, -0.2) is 0 Å². The van der Waals surface area contributed by atoms with E-state index in [1.807, 2.05) is 13.8 Å². The van der Waals surface area contributed by atoms with Crippen LogP contribution in [0.2, 0.25) is 0 Å². The maximum absolute atomic E-state index is 11.8. The number of hydrogen-bond donors (Lipinski definition) is 0. The molecular weight excluding hydrogens is 303 g/mol. The highest BCUT2D eigenvalue weighted by Crippen LogP contribution is 2.28. The Labute approximate surface area is 137 Å². The average Bonchev–Trinajstić information content (AvgIpc) is 2.46. The van der Waals surface area contributed by atoms with Crippen LogP contribution in [-0.4, -0.2) is 38.6 Å². The molecular formula is C16H35O5P. The van der Waals surface area contributed by atoms with Gasteiger partial charge in [-0.2, -0.15) is 0 Å². The highest BCUT2D eigenvalue weighted by atomic mass is 31.1. The van der Waals surface area contributed by atoms with E-state index < -0.39 is 8.25 Å². The number of rotatable bonds is 16. The molecule has 0 aromatic carbocycles. The van der Waals surface area contributed by atoms with Crippen LogP contribution < -0.4 is 0 Å². The van der Waals surface area contributed by atoms with Crippen LogP contribution in [0.25, 0.3) is 0 Å². The molecule has 0 fully saturated rings. The van der Waals surface area contributed by atoms with Gasteiger partial charge >= 0.3 is 8.25 Å². The van der Waals surface area contributed by atoms with Crippen LogP contribution in [0, 0.1) is 0 Å². The lowest BCUT2D eigenvalue weighted by atomic mass is 10.3. The molecule has 0 amide bonds. The summed E-state index contributed by atoms with van der Waals surface area (Å²) in [7, 11) is -2.49. The summed E-state index contributed by atoms with van der Waals surface area (Å²) < 4.78 is 33.4. The summed E-state index contributed by atoms with van der Waals surface area (Å²) >= 11 is 0. The maximum atomic E-state index is 11.8. The molecule has 0 aliphatic heterocycles. The van der Waals surface area contributed by atoms with Crippen LogP contribution in [0.1, 0.15) is 66.2 Å². The molecule has 134 valence electrons. The molecule has 0 saturated carbocycles. The fourth-order valence-corrected chi connectivity index (χ4v) is 2.68. The predicted octanol–water partition coefficient (Wildman–Crippen LogP) is 4.60. The Morgan fingerprint density at radius 1 is 0.773 bits per heavy atom.